The summed E-state index contributed by atoms with van der Waals surface area (Å²) in [7, 11) is 3.01. The van der Waals surface area contributed by atoms with Gasteiger partial charge in [-0.05, 0) is 36.3 Å². The number of rotatable bonds is 9. The van der Waals surface area contributed by atoms with Crippen LogP contribution in [0.4, 0.5) is 0 Å². The van der Waals surface area contributed by atoms with Crippen LogP contribution in [0.2, 0.25) is 0 Å². The Labute approximate surface area is 149 Å². The molecule has 0 aliphatic carbocycles. The van der Waals surface area contributed by atoms with Crippen molar-refractivity contribution in [3.05, 3.63) is 90.5 Å². The zero-order chi connectivity index (χ0) is 18.5. The van der Waals surface area contributed by atoms with Gasteiger partial charge in [0.2, 0.25) is 0 Å². The number of benzene rings is 1. The van der Waals surface area contributed by atoms with Crippen molar-refractivity contribution in [2.45, 2.75) is 6.42 Å². The van der Waals surface area contributed by atoms with Crippen molar-refractivity contribution in [1.29, 1.82) is 0 Å². The third-order valence-electron chi connectivity index (χ3n) is 3.17. The first-order chi connectivity index (χ1) is 12.1. The third kappa shape index (κ3) is 7.31. The van der Waals surface area contributed by atoms with Crippen molar-refractivity contribution in [3.63, 3.8) is 0 Å². The van der Waals surface area contributed by atoms with E-state index in [0.29, 0.717) is 11.5 Å². The van der Waals surface area contributed by atoms with Gasteiger partial charge in [0.05, 0.1) is 14.2 Å². The zero-order valence-electron chi connectivity index (χ0n) is 14.6. The molecule has 0 radical (unpaired) electrons. The Bertz CT molecular complexity index is 707. The summed E-state index contributed by atoms with van der Waals surface area (Å²) in [6.07, 6.45) is 17.1. The molecule has 1 rings (SSSR count). The maximum atomic E-state index is 9.54. The molecule has 0 bridgehead atoms. The molecule has 0 heterocycles. The number of methoxy groups -OCH3 is 2. The van der Waals surface area contributed by atoms with Crippen molar-refractivity contribution in [2.75, 3.05) is 14.2 Å². The molecule has 0 spiro atoms. The van der Waals surface area contributed by atoms with Crippen LogP contribution in [0.25, 0.3) is 6.08 Å². The lowest BCUT2D eigenvalue weighted by atomic mass is 10.1. The largest absolute Gasteiger partial charge is 0.504 e. The summed E-state index contributed by atoms with van der Waals surface area (Å²) >= 11 is 0. The van der Waals surface area contributed by atoms with Crippen LogP contribution in [0.15, 0.2) is 84.9 Å². The first-order valence-corrected chi connectivity index (χ1v) is 7.75. The fourth-order valence-electron chi connectivity index (χ4n) is 1.87. The van der Waals surface area contributed by atoms with E-state index in [9.17, 15) is 10.2 Å². The Balaban J connectivity index is 2.47. The van der Waals surface area contributed by atoms with Gasteiger partial charge in [0.15, 0.2) is 23.0 Å². The minimum atomic E-state index is -0.00121. The molecule has 0 unspecified atom stereocenters. The lowest BCUT2D eigenvalue weighted by Gasteiger charge is -2.03. The molecule has 2 N–H and O–H groups in total. The summed E-state index contributed by atoms with van der Waals surface area (Å²) < 4.78 is 10.1. The second-order valence-corrected chi connectivity index (χ2v) is 4.90. The molecular formula is C21H24O4. The molecule has 0 saturated carbocycles. The molecule has 25 heavy (non-hydrogen) atoms. The lowest BCUT2D eigenvalue weighted by molar-refractivity contribution is 0.275. The smallest absolute Gasteiger partial charge is 0.161 e. The van der Waals surface area contributed by atoms with E-state index in [2.05, 4.69) is 6.58 Å². The monoisotopic (exact) mass is 340 g/mol. The van der Waals surface area contributed by atoms with E-state index >= 15 is 0 Å². The van der Waals surface area contributed by atoms with Gasteiger partial charge in [-0.25, -0.2) is 0 Å². The predicted molar refractivity (Wildman–Crippen MR) is 103 cm³/mol. The molecule has 0 aliphatic rings. The normalized spacial score (nSPS) is 13.0. The van der Waals surface area contributed by atoms with Gasteiger partial charge in [-0.15, -0.1) is 0 Å². The van der Waals surface area contributed by atoms with Gasteiger partial charge in [0.1, 0.15) is 0 Å². The van der Waals surface area contributed by atoms with E-state index in [0.717, 1.165) is 12.0 Å². The molecule has 0 saturated heterocycles. The summed E-state index contributed by atoms with van der Waals surface area (Å²) in [5.41, 5.74) is 0.961. The molecule has 1 aromatic carbocycles. The Kier molecular flexibility index (Phi) is 9.08. The topological polar surface area (TPSA) is 58.9 Å². The van der Waals surface area contributed by atoms with Crippen molar-refractivity contribution in [3.8, 4) is 11.5 Å². The number of phenolic OH excluding ortho intramolecular Hbond substituents is 1. The standard InChI is InChI=1S/C21H24O4/c1-4-18(22)20(24-2)13-11-9-7-5-6-8-10-12-17-14-15-19(23)21(16-17)25-3/h4-7,9-16,22-23H,1,8H2,2-3H3/b6-5+,9-7+,12-10+,13-11+,20-18-. The van der Waals surface area contributed by atoms with E-state index in [1.54, 1.807) is 24.3 Å². The maximum Gasteiger partial charge on any atom is 0.161 e. The summed E-state index contributed by atoms with van der Waals surface area (Å²) in [4.78, 5) is 0. The van der Waals surface area contributed by atoms with Crippen LogP contribution in [0, 0.1) is 0 Å². The molecule has 0 fully saturated rings. The first kappa shape index (κ1) is 19.9. The van der Waals surface area contributed by atoms with E-state index in [-0.39, 0.29) is 11.5 Å². The number of aromatic hydroxyl groups is 1. The van der Waals surface area contributed by atoms with Gasteiger partial charge in [-0.1, -0.05) is 55.2 Å². The number of aliphatic hydroxyl groups is 1. The average Bonchev–Trinajstić information content (AvgIpc) is 2.64. The van der Waals surface area contributed by atoms with Crippen molar-refractivity contribution in [2.24, 2.45) is 0 Å². The molecule has 0 atom stereocenters. The van der Waals surface area contributed by atoms with Crippen molar-refractivity contribution >= 4 is 6.08 Å². The fraction of sp³-hybridized carbons (Fsp3) is 0.143. The van der Waals surface area contributed by atoms with Gasteiger partial charge < -0.3 is 19.7 Å². The minimum absolute atomic E-state index is 0.00121. The zero-order valence-corrected chi connectivity index (χ0v) is 14.6. The number of allylic oxidation sites excluding steroid dienone is 8. The Morgan fingerprint density at radius 3 is 2.56 bits per heavy atom. The Morgan fingerprint density at radius 1 is 1.12 bits per heavy atom. The highest BCUT2D eigenvalue weighted by molar-refractivity contribution is 5.55. The number of hydrogen-bond acceptors (Lipinski definition) is 4. The average molecular weight is 340 g/mol. The van der Waals surface area contributed by atoms with Crippen LogP contribution >= 0.6 is 0 Å². The lowest BCUT2D eigenvalue weighted by Crippen LogP contribution is -1.87. The molecule has 1 aromatic rings. The molecule has 4 heteroatoms. The van der Waals surface area contributed by atoms with Gasteiger partial charge in [-0.3, -0.25) is 0 Å². The molecule has 0 amide bonds. The van der Waals surface area contributed by atoms with Crippen molar-refractivity contribution < 1.29 is 19.7 Å². The number of phenols is 1. The third-order valence-corrected chi connectivity index (χ3v) is 3.17. The first-order valence-electron chi connectivity index (χ1n) is 7.75. The fourth-order valence-corrected chi connectivity index (χ4v) is 1.87. The number of ether oxygens (including phenoxy) is 2. The number of hydrogen-bond donors (Lipinski definition) is 2. The quantitative estimate of drug-likeness (QED) is 0.486. The molecule has 0 aromatic heterocycles. The van der Waals surface area contributed by atoms with Gasteiger partial charge in [0.25, 0.3) is 0 Å². The highest BCUT2D eigenvalue weighted by Crippen LogP contribution is 2.26. The van der Waals surface area contributed by atoms with Crippen LogP contribution in [-0.4, -0.2) is 24.4 Å². The number of aliphatic hydroxyl groups excluding tert-OH is 1. The summed E-state index contributed by atoms with van der Waals surface area (Å²) in [5, 5.41) is 19.0. The Hall–Kier alpha value is -3.14. The van der Waals surface area contributed by atoms with E-state index in [4.69, 9.17) is 9.47 Å². The van der Waals surface area contributed by atoms with Crippen molar-refractivity contribution in [1.82, 2.24) is 0 Å². The predicted octanol–water partition coefficient (Wildman–Crippen LogP) is 5.07. The highest BCUT2D eigenvalue weighted by Gasteiger charge is 1.99. The SMILES string of the molecule is C=C\C(O)=C(/C=C/C=C/C=C/C/C=C/c1ccc(O)c(OC)c1)OC. The van der Waals surface area contributed by atoms with Gasteiger partial charge >= 0.3 is 0 Å². The van der Waals surface area contributed by atoms with E-state index in [1.165, 1.54) is 20.3 Å². The van der Waals surface area contributed by atoms with E-state index in [1.807, 2.05) is 42.5 Å². The molecule has 4 nitrogen and oxygen atoms in total. The summed E-state index contributed by atoms with van der Waals surface area (Å²) in [6, 6.07) is 5.21. The van der Waals surface area contributed by atoms with Gasteiger partial charge in [-0.2, -0.15) is 0 Å². The maximum absolute atomic E-state index is 9.54. The molecule has 132 valence electrons. The van der Waals surface area contributed by atoms with Crippen LogP contribution in [0.5, 0.6) is 11.5 Å². The van der Waals surface area contributed by atoms with E-state index < -0.39 is 0 Å². The Morgan fingerprint density at radius 2 is 1.88 bits per heavy atom. The van der Waals surface area contributed by atoms with Crippen LogP contribution < -0.4 is 4.74 Å². The second-order valence-electron chi connectivity index (χ2n) is 4.90. The molecular weight excluding hydrogens is 316 g/mol. The van der Waals surface area contributed by atoms with Crippen LogP contribution in [0.1, 0.15) is 12.0 Å². The second kappa shape index (κ2) is 11.4. The van der Waals surface area contributed by atoms with Crippen LogP contribution in [-0.2, 0) is 4.74 Å². The molecule has 0 aliphatic heterocycles. The highest BCUT2D eigenvalue weighted by atomic mass is 16.5. The summed E-state index contributed by atoms with van der Waals surface area (Å²) in [6.45, 7) is 3.47. The van der Waals surface area contributed by atoms with Gasteiger partial charge in [0, 0.05) is 0 Å². The summed E-state index contributed by atoms with van der Waals surface area (Å²) in [5.74, 6) is 0.944. The minimum Gasteiger partial charge on any atom is -0.504 e. The van der Waals surface area contributed by atoms with Crippen LogP contribution in [0.3, 0.4) is 0 Å².